The van der Waals surface area contributed by atoms with Crippen molar-refractivity contribution in [1.82, 2.24) is 15.2 Å². The molecule has 1 fully saturated rings. The Morgan fingerprint density at radius 3 is 2.60 bits per heavy atom. The molecular formula is C16H28N4. The minimum atomic E-state index is 0.167. The van der Waals surface area contributed by atoms with E-state index >= 15 is 0 Å². The number of benzene rings is 1. The highest BCUT2D eigenvalue weighted by molar-refractivity contribution is 5.32. The normalized spacial score (nSPS) is 23.6. The molecule has 0 radical (unpaired) electrons. The third kappa shape index (κ3) is 3.38. The van der Waals surface area contributed by atoms with Gasteiger partial charge in [-0.1, -0.05) is 18.2 Å². The molecule has 0 aliphatic carbocycles. The van der Waals surface area contributed by atoms with Gasteiger partial charge in [-0.3, -0.25) is 11.3 Å². The largest absolute Gasteiger partial charge is 0.305 e. The lowest BCUT2D eigenvalue weighted by Gasteiger charge is -2.34. The fourth-order valence-corrected chi connectivity index (χ4v) is 3.05. The molecule has 1 aliphatic heterocycles. The second kappa shape index (κ2) is 6.68. The van der Waals surface area contributed by atoms with E-state index in [4.69, 9.17) is 5.84 Å². The van der Waals surface area contributed by atoms with E-state index in [0.29, 0.717) is 6.04 Å². The molecule has 1 heterocycles. The Bertz CT molecular complexity index is 446. The summed E-state index contributed by atoms with van der Waals surface area (Å²) in [6.07, 6.45) is 1.22. The molecule has 0 amide bonds. The van der Waals surface area contributed by atoms with Crippen LogP contribution in [0.3, 0.4) is 0 Å². The first kappa shape index (κ1) is 15.4. The van der Waals surface area contributed by atoms with Crippen molar-refractivity contribution in [2.24, 2.45) is 5.84 Å². The predicted octanol–water partition coefficient (Wildman–Crippen LogP) is 1.44. The summed E-state index contributed by atoms with van der Waals surface area (Å²) in [6, 6.07) is 7.22. The maximum atomic E-state index is 5.89. The van der Waals surface area contributed by atoms with Crippen LogP contribution < -0.4 is 11.3 Å². The number of likely N-dealkylation sites (N-methyl/N-ethyl adjacent to an activating group) is 2. The first-order valence-electron chi connectivity index (χ1n) is 7.45. The van der Waals surface area contributed by atoms with Gasteiger partial charge in [-0.15, -0.1) is 0 Å². The van der Waals surface area contributed by atoms with Gasteiger partial charge >= 0.3 is 0 Å². The van der Waals surface area contributed by atoms with Gasteiger partial charge in [0.05, 0.1) is 6.04 Å². The van der Waals surface area contributed by atoms with E-state index in [0.717, 1.165) is 19.6 Å². The Morgan fingerprint density at radius 2 is 1.95 bits per heavy atom. The number of rotatable bonds is 3. The number of nitrogens with two attached hydrogens (primary N) is 1. The van der Waals surface area contributed by atoms with Gasteiger partial charge in [-0.25, -0.2) is 0 Å². The SMILES string of the molecule is Cc1ccc(C(NN)C2CN(C)CCCN2C)cc1C. The third-order valence-electron chi connectivity index (χ3n) is 4.57. The van der Waals surface area contributed by atoms with Crippen LogP contribution in [0.5, 0.6) is 0 Å². The minimum Gasteiger partial charge on any atom is -0.305 e. The zero-order chi connectivity index (χ0) is 14.7. The summed E-state index contributed by atoms with van der Waals surface area (Å²) < 4.78 is 0. The summed E-state index contributed by atoms with van der Waals surface area (Å²) in [5.74, 6) is 5.89. The molecule has 0 saturated carbocycles. The van der Waals surface area contributed by atoms with Gasteiger partial charge in [0.25, 0.3) is 0 Å². The van der Waals surface area contributed by atoms with E-state index < -0.39 is 0 Å². The summed E-state index contributed by atoms with van der Waals surface area (Å²) in [4.78, 5) is 4.84. The molecule has 2 atom stereocenters. The Hall–Kier alpha value is -0.940. The lowest BCUT2D eigenvalue weighted by atomic mass is 9.95. The Morgan fingerprint density at radius 1 is 1.20 bits per heavy atom. The van der Waals surface area contributed by atoms with Crippen molar-refractivity contribution in [3.8, 4) is 0 Å². The molecule has 20 heavy (non-hydrogen) atoms. The summed E-state index contributed by atoms with van der Waals surface area (Å²) in [7, 11) is 4.40. The summed E-state index contributed by atoms with van der Waals surface area (Å²) >= 11 is 0. The van der Waals surface area contributed by atoms with Gasteiger partial charge < -0.3 is 9.80 Å². The van der Waals surface area contributed by atoms with E-state index in [1.165, 1.54) is 23.1 Å². The monoisotopic (exact) mass is 276 g/mol. The number of nitrogens with zero attached hydrogens (tertiary/aromatic N) is 2. The summed E-state index contributed by atoms with van der Waals surface area (Å²) in [5, 5.41) is 0. The van der Waals surface area contributed by atoms with E-state index in [1.54, 1.807) is 0 Å². The van der Waals surface area contributed by atoms with Crippen molar-refractivity contribution in [1.29, 1.82) is 0 Å². The average molecular weight is 276 g/mol. The van der Waals surface area contributed by atoms with Gasteiger partial charge in [0.2, 0.25) is 0 Å². The van der Waals surface area contributed by atoms with Gasteiger partial charge in [-0.2, -0.15) is 0 Å². The number of hydrazine groups is 1. The van der Waals surface area contributed by atoms with Crippen LogP contribution >= 0.6 is 0 Å². The fourth-order valence-electron chi connectivity index (χ4n) is 3.05. The van der Waals surface area contributed by atoms with Crippen LogP contribution in [0, 0.1) is 13.8 Å². The maximum Gasteiger partial charge on any atom is 0.0627 e. The molecule has 0 spiro atoms. The number of nitrogens with one attached hydrogen (secondary N) is 1. The van der Waals surface area contributed by atoms with Gasteiger partial charge in [0.15, 0.2) is 0 Å². The minimum absolute atomic E-state index is 0.167. The van der Waals surface area contributed by atoms with Crippen molar-refractivity contribution in [3.63, 3.8) is 0 Å². The van der Waals surface area contributed by atoms with Crippen molar-refractivity contribution < 1.29 is 0 Å². The van der Waals surface area contributed by atoms with Crippen molar-refractivity contribution >= 4 is 0 Å². The standard InChI is InChI=1S/C16H28N4/c1-12-6-7-14(10-13(12)2)16(18-17)15-11-19(3)8-5-9-20(15)4/h6-7,10,15-16,18H,5,8-9,11,17H2,1-4H3. The number of hydrogen-bond acceptors (Lipinski definition) is 4. The Kier molecular flexibility index (Phi) is 5.16. The number of hydrogen-bond donors (Lipinski definition) is 2. The topological polar surface area (TPSA) is 44.5 Å². The first-order valence-corrected chi connectivity index (χ1v) is 7.45. The highest BCUT2D eigenvalue weighted by Crippen LogP contribution is 2.24. The number of aryl methyl sites for hydroxylation is 2. The average Bonchev–Trinajstić information content (AvgIpc) is 2.57. The predicted molar refractivity (Wildman–Crippen MR) is 84.5 cm³/mol. The maximum absolute atomic E-state index is 5.89. The van der Waals surface area contributed by atoms with E-state index in [9.17, 15) is 0 Å². The molecule has 3 N–H and O–H groups in total. The molecule has 1 aromatic rings. The molecule has 1 aromatic carbocycles. The molecule has 1 aliphatic rings. The van der Waals surface area contributed by atoms with E-state index in [2.05, 4.69) is 61.4 Å². The molecule has 0 aromatic heterocycles. The molecule has 1 saturated heterocycles. The fraction of sp³-hybridized carbons (Fsp3) is 0.625. The van der Waals surface area contributed by atoms with Crippen LogP contribution in [0.25, 0.3) is 0 Å². The van der Waals surface area contributed by atoms with Crippen LogP contribution in [-0.4, -0.2) is 49.6 Å². The highest BCUT2D eigenvalue weighted by Gasteiger charge is 2.29. The van der Waals surface area contributed by atoms with Crippen LogP contribution in [0.2, 0.25) is 0 Å². The second-order valence-corrected chi connectivity index (χ2v) is 6.15. The van der Waals surface area contributed by atoms with Crippen LogP contribution in [0.4, 0.5) is 0 Å². The molecule has 112 valence electrons. The third-order valence-corrected chi connectivity index (χ3v) is 4.57. The lowest BCUT2D eigenvalue weighted by molar-refractivity contribution is 0.178. The van der Waals surface area contributed by atoms with E-state index in [1.807, 2.05) is 0 Å². The van der Waals surface area contributed by atoms with Crippen molar-refractivity contribution in [2.75, 3.05) is 33.7 Å². The molecular weight excluding hydrogens is 248 g/mol. The summed E-state index contributed by atoms with van der Waals surface area (Å²) in [5.41, 5.74) is 6.98. The molecule has 2 unspecified atom stereocenters. The highest BCUT2D eigenvalue weighted by atomic mass is 15.3. The van der Waals surface area contributed by atoms with E-state index in [-0.39, 0.29) is 6.04 Å². The van der Waals surface area contributed by atoms with Crippen molar-refractivity contribution in [3.05, 3.63) is 34.9 Å². The second-order valence-electron chi connectivity index (χ2n) is 6.15. The Labute approximate surface area is 122 Å². The first-order chi connectivity index (χ1) is 9.52. The van der Waals surface area contributed by atoms with Gasteiger partial charge in [0, 0.05) is 12.6 Å². The smallest absolute Gasteiger partial charge is 0.0627 e. The molecule has 2 rings (SSSR count). The quantitative estimate of drug-likeness (QED) is 0.648. The molecule has 4 heteroatoms. The van der Waals surface area contributed by atoms with Crippen molar-refractivity contribution in [2.45, 2.75) is 32.4 Å². The van der Waals surface area contributed by atoms with Crippen LogP contribution in [0.15, 0.2) is 18.2 Å². The van der Waals surface area contributed by atoms with Gasteiger partial charge in [-0.05, 0) is 64.1 Å². The van der Waals surface area contributed by atoms with Gasteiger partial charge in [0.1, 0.15) is 0 Å². The summed E-state index contributed by atoms with van der Waals surface area (Å²) in [6.45, 7) is 7.63. The van der Waals surface area contributed by atoms with Crippen LogP contribution in [-0.2, 0) is 0 Å². The zero-order valence-electron chi connectivity index (χ0n) is 13.2. The lowest BCUT2D eigenvalue weighted by Crippen LogP contribution is -2.48. The van der Waals surface area contributed by atoms with Crippen LogP contribution in [0.1, 0.15) is 29.2 Å². The Balaban J connectivity index is 2.27. The molecule has 4 nitrogen and oxygen atoms in total. The zero-order valence-corrected chi connectivity index (χ0v) is 13.2. The molecule has 0 bridgehead atoms.